The Bertz CT molecular complexity index is 260. The van der Waals surface area contributed by atoms with Crippen LogP contribution in [0.5, 0.6) is 0 Å². The lowest BCUT2D eigenvalue weighted by Gasteiger charge is -2.44. The molecule has 0 N–H and O–H groups in total. The lowest BCUT2D eigenvalue weighted by atomic mass is 9.91. The first kappa shape index (κ1) is 11.4. The fourth-order valence-corrected chi connectivity index (χ4v) is 2.79. The summed E-state index contributed by atoms with van der Waals surface area (Å²) in [6.07, 6.45) is 2.03. The van der Waals surface area contributed by atoms with Crippen LogP contribution in [-0.4, -0.2) is 29.7 Å². The van der Waals surface area contributed by atoms with Crippen LogP contribution in [-0.2, 0) is 14.2 Å². The Morgan fingerprint density at radius 2 is 1.80 bits per heavy atom. The molecule has 0 aromatic carbocycles. The molecule has 2 fully saturated rings. The largest absolute Gasteiger partial charge is 0.364 e. The molecule has 2 aliphatic heterocycles. The Labute approximate surface area is 92.1 Å². The average molecular weight is 214 g/mol. The Hall–Kier alpha value is -0.120. The first-order valence-electron chi connectivity index (χ1n) is 5.78. The van der Waals surface area contributed by atoms with E-state index in [2.05, 4.69) is 34.6 Å². The quantitative estimate of drug-likeness (QED) is 0.620. The van der Waals surface area contributed by atoms with Crippen molar-refractivity contribution in [3.8, 4) is 0 Å². The highest BCUT2D eigenvalue weighted by molar-refractivity contribution is 5.03. The van der Waals surface area contributed by atoms with E-state index in [1.54, 1.807) is 0 Å². The predicted molar refractivity (Wildman–Crippen MR) is 57.7 cm³/mol. The van der Waals surface area contributed by atoms with E-state index in [4.69, 9.17) is 14.2 Å². The van der Waals surface area contributed by atoms with Crippen molar-refractivity contribution < 1.29 is 14.2 Å². The molecule has 0 radical (unpaired) electrons. The van der Waals surface area contributed by atoms with Gasteiger partial charge >= 0.3 is 0 Å². The Morgan fingerprint density at radius 1 is 1.13 bits per heavy atom. The van der Waals surface area contributed by atoms with Crippen LogP contribution in [0.3, 0.4) is 0 Å². The summed E-state index contributed by atoms with van der Waals surface area (Å²) in [5.41, 5.74) is -0.536. The van der Waals surface area contributed by atoms with Crippen molar-refractivity contribution in [1.29, 1.82) is 0 Å². The van der Waals surface area contributed by atoms with Gasteiger partial charge < -0.3 is 14.2 Å². The van der Waals surface area contributed by atoms with Crippen molar-refractivity contribution in [3.63, 3.8) is 0 Å². The summed E-state index contributed by atoms with van der Waals surface area (Å²) < 4.78 is 18.0. The summed E-state index contributed by atoms with van der Waals surface area (Å²) in [5, 5.41) is 0. The second kappa shape index (κ2) is 3.19. The molecular formula is C12H22O3. The molecule has 2 aliphatic rings. The van der Waals surface area contributed by atoms with Crippen LogP contribution < -0.4 is 0 Å². The van der Waals surface area contributed by atoms with Gasteiger partial charge in [0.25, 0.3) is 0 Å². The molecule has 0 aromatic heterocycles. The van der Waals surface area contributed by atoms with Gasteiger partial charge in [0.15, 0.2) is 5.79 Å². The molecule has 0 saturated carbocycles. The monoisotopic (exact) mass is 214 g/mol. The first-order valence-corrected chi connectivity index (χ1v) is 5.78. The van der Waals surface area contributed by atoms with Crippen molar-refractivity contribution in [1.82, 2.24) is 0 Å². The summed E-state index contributed by atoms with van der Waals surface area (Å²) in [7, 11) is 0. The van der Waals surface area contributed by atoms with Gasteiger partial charge in [-0.15, -0.1) is 0 Å². The number of rotatable bonds is 0. The molecule has 0 amide bonds. The molecule has 0 bridgehead atoms. The molecular weight excluding hydrogens is 192 g/mol. The summed E-state index contributed by atoms with van der Waals surface area (Å²) in [6.45, 7) is 11.2. The SMILES string of the molecule is C[C@@H]1CCO[C@]2(CC(C)(C)OC2(C)C)O1. The van der Waals surface area contributed by atoms with E-state index in [-0.39, 0.29) is 17.3 Å². The van der Waals surface area contributed by atoms with Gasteiger partial charge in [-0.05, 0) is 41.0 Å². The summed E-state index contributed by atoms with van der Waals surface area (Å²) >= 11 is 0. The topological polar surface area (TPSA) is 27.7 Å². The van der Waals surface area contributed by atoms with Gasteiger partial charge in [0, 0.05) is 6.42 Å². The molecule has 0 aliphatic carbocycles. The minimum absolute atomic E-state index is 0.166. The maximum atomic E-state index is 6.04. The fraction of sp³-hybridized carbons (Fsp3) is 1.00. The van der Waals surface area contributed by atoms with Crippen LogP contribution >= 0.6 is 0 Å². The van der Waals surface area contributed by atoms with Crippen LogP contribution in [0.2, 0.25) is 0 Å². The highest BCUT2D eigenvalue weighted by atomic mass is 16.7. The first-order chi connectivity index (χ1) is 6.77. The minimum atomic E-state index is -0.547. The van der Waals surface area contributed by atoms with E-state index < -0.39 is 5.79 Å². The van der Waals surface area contributed by atoms with Gasteiger partial charge in [0.1, 0.15) is 5.60 Å². The van der Waals surface area contributed by atoms with Gasteiger partial charge in [0.2, 0.25) is 0 Å². The third-order valence-corrected chi connectivity index (χ3v) is 3.36. The van der Waals surface area contributed by atoms with E-state index in [9.17, 15) is 0 Å². The molecule has 2 saturated heterocycles. The minimum Gasteiger partial charge on any atom is -0.364 e. The highest BCUT2D eigenvalue weighted by Crippen LogP contribution is 2.49. The average Bonchev–Trinajstić information content (AvgIpc) is 2.15. The molecule has 0 aromatic rings. The zero-order valence-corrected chi connectivity index (χ0v) is 10.4. The molecule has 88 valence electrons. The van der Waals surface area contributed by atoms with E-state index >= 15 is 0 Å². The second-order valence-corrected chi connectivity index (χ2v) is 5.87. The third-order valence-electron chi connectivity index (χ3n) is 3.36. The van der Waals surface area contributed by atoms with Crippen molar-refractivity contribution >= 4 is 0 Å². The molecule has 3 nitrogen and oxygen atoms in total. The van der Waals surface area contributed by atoms with Gasteiger partial charge in [-0.25, -0.2) is 0 Å². The Kier molecular flexibility index (Phi) is 2.42. The number of ether oxygens (including phenoxy) is 3. The van der Waals surface area contributed by atoms with Crippen LogP contribution in [0.25, 0.3) is 0 Å². The highest BCUT2D eigenvalue weighted by Gasteiger charge is 2.61. The van der Waals surface area contributed by atoms with Crippen molar-refractivity contribution in [3.05, 3.63) is 0 Å². The van der Waals surface area contributed by atoms with E-state index in [1.165, 1.54) is 0 Å². The van der Waals surface area contributed by atoms with Crippen molar-refractivity contribution in [2.24, 2.45) is 0 Å². The fourth-order valence-electron chi connectivity index (χ4n) is 2.79. The summed E-state index contributed by atoms with van der Waals surface area (Å²) in [4.78, 5) is 0. The standard InChI is InChI=1S/C12H22O3/c1-9-6-7-13-12(14-9)8-10(2,3)15-11(12,4)5/h9H,6-8H2,1-5H3/t9-,12-/m1/s1. The Balaban J connectivity index is 2.26. The summed E-state index contributed by atoms with van der Waals surface area (Å²) in [5.74, 6) is -0.547. The third kappa shape index (κ3) is 1.81. The molecule has 2 heterocycles. The lowest BCUT2D eigenvalue weighted by molar-refractivity contribution is -0.328. The van der Waals surface area contributed by atoms with E-state index in [1.807, 2.05) is 0 Å². The van der Waals surface area contributed by atoms with Crippen LogP contribution in [0.4, 0.5) is 0 Å². The molecule has 0 unspecified atom stereocenters. The van der Waals surface area contributed by atoms with Gasteiger partial charge in [-0.1, -0.05) is 0 Å². The zero-order valence-electron chi connectivity index (χ0n) is 10.4. The van der Waals surface area contributed by atoms with Crippen molar-refractivity contribution in [2.75, 3.05) is 6.61 Å². The van der Waals surface area contributed by atoms with Crippen LogP contribution in [0.15, 0.2) is 0 Å². The smallest absolute Gasteiger partial charge is 0.200 e. The second-order valence-electron chi connectivity index (χ2n) is 5.87. The maximum Gasteiger partial charge on any atom is 0.200 e. The maximum absolute atomic E-state index is 6.04. The number of hydrogen-bond donors (Lipinski definition) is 0. The summed E-state index contributed by atoms with van der Waals surface area (Å²) in [6, 6.07) is 0. The van der Waals surface area contributed by atoms with Gasteiger partial charge in [-0.3, -0.25) is 0 Å². The zero-order chi connectivity index (χ0) is 11.3. The molecule has 3 heteroatoms. The molecule has 2 rings (SSSR count). The van der Waals surface area contributed by atoms with Gasteiger partial charge in [-0.2, -0.15) is 0 Å². The normalized spacial score (nSPS) is 43.4. The lowest BCUT2D eigenvalue weighted by Crippen LogP contribution is -2.55. The molecule has 2 atom stereocenters. The van der Waals surface area contributed by atoms with Crippen LogP contribution in [0, 0.1) is 0 Å². The number of hydrogen-bond acceptors (Lipinski definition) is 3. The molecule has 1 spiro atoms. The van der Waals surface area contributed by atoms with E-state index in [0.717, 1.165) is 19.4 Å². The van der Waals surface area contributed by atoms with E-state index in [0.29, 0.717) is 0 Å². The predicted octanol–water partition coefficient (Wildman–Crippen LogP) is 2.49. The van der Waals surface area contributed by atoms with Crippen LogP contribution in [0.1, 0.15) is 47.5 Å². The van der Waals surface area contributed by atoms with Gasteiger partial charge in [0.05, 0.1) is 18.3 Å². The Morgan fingerprint density at radius 3 is 2.27 bits per heavy atom. The molecule has 15 heavy (non-hydrogen) atoms. The van der Waals surface area contributed by atoms with Crippen molar-refractivity contribution in [2.45, 2.75) is 70.6 Å².